The number of nitrogens with zero attached hydrogens (tertiary/aromatic N) is 2. The number of alkyl halides is 3. The minimum atomic E-state index is -5.28. The van der Waals surface area contributed by atoms with Gasteiger partial charge in [0.15, 0.2) is 11.3 Å². The average molecular weight is 625 g/mol. The largest absolute Gasteiger partial charge is 0.490 e. The second kappa shape index (κ2) is 12.7. The molecule has 1 aliphatic rings. The van der Waals surface area contributed by atoms with Crippen molar-refractivity contribution in [2.24, 2.45) is 4.99 Å². The highest BCUT2D eigenvalue weighted by Crippen LogP contribution is 2.33. The molecule has 8 nitrogen and oxygen atoms in total. The molecule has 2 heterocycles. The van der Waals surface area contributed by atoms with Gasteiger partial charge in [-0.25, -0.2) is 9.79 Å². The van der Waals surface area contributed by atoms with E-state index in [9.17, 15) is 27.6 Å². The number of aromatic nitrogens is 1. The van der Waals surface area contributed by atoms with Crippen molar-refractivity contribution >= 4 is 74.7 Å². The molecule has 218 valence electrons. The molecule has 1 aromatic heterocycles. The van der Waals surface area contributed by atoms with Crippen LogP contribution >= 0.6 is 23.4 Å². The molecule has 1 aliphatic heterocycles. The van der Waals surface area contributed by atoms with E-state index in [1.165, 1.54) is 18.2 Å². The van der Waals surface area contributed by atoms with E-state index in [4.69, 9.17) is 11.6 Å². The number of hydrogen-bond donors (Lipinski definition) is 2. The second-order valence-corrected chi connectivity index (χ2v) is 10.6. The van der Waals surface area contributed by atoms with Crippen molar-refractivity contribution < 1.29 is 32.3 Å². The van der Waals surface area contributed by atoms with E-state index in [0.29, 0.717) is 10.5 Å². The molecule has 3 aromatic carbocycles. The Morgan fingerprint density at radius 2 is 1.86 bits per heavy atom. The normalized spacial score (nSPS) is 15.9. The molecule has 0 bridgehead atoms. The van der Waals surface area contributed by atoms with Gasteiger partial charge in [0.05, 0.1) is 21.1 Å². The van der Waals surface area contributed by atoms with Crippen molar-refractivity contribution in [3.8, 4) is 0 Å². The van der Waals surface area contributed by atoms with Gasteiger partial charge in [0, 0.05) is 23.7 Å². The first-order valence-corrected chi connectivity index (χ1v) is 13.8. The van der Waals surface area contributed by atoms with E-state index in [1.807, 2.05) is 30.3 Å². The van der Waals surface area contributed by atoms with Crippen LogP contribution in [0.1, 0.15) is 11.1 Å². The Morgan fingerprint density at radius 1 is 1.07 bits per heavy atom. The number of aliphatic imine (C=N–C) groups is 1. The molecule has 2 amide bonds. The van der Waals surface area contributed by atoms with Crippen LogP contribution in [0.3, 0.4) is 0 Å². The van der Waals surface area contributed by atoms with E-state index in [-0.39, 0.29) is 33.9 Å². The number of rotatable bonds is 7. The van der Waals surface area contributed by atoms with E-state index < -0.39 is 24.2 Å². The molecule has 0 saturated carbocycles. The SMILES string of the molecule is O=C1NC(=Nc2cc(NC(=O)C(Cc3ccccc3)OC(=O)C(F)(F)F)ccc2Cl)S/C1=C\c1ccc2ncccc2c1. The van der Waals surface area contributed by atoms with Crippen molar-refractivity contribution in [2.45, 2.75) is 18.7 Å². The van der Waals surface area contributed by atoms with Crippen LogP contribution in [0.2, 0.25) is 5.02 Å². The first kappa shape index (κ1) is 29.8. The van der Waals surface area contributed by atoms with Gasteiger partial charge in [-0.3, -0.25) is 14.6 Å². The lowest BCUT2D eigenvalue weighted by atomic mass is 10.1. The Bertz CT molecular complexity index is 1780. The summed E-state index contributed by atoms with van der Waals surface area (Å²) in [5.41, 5.74) is 2.40. The number of amides is 2. The van der Waals surface area contributed by atoms with Crippen LogP contribution < -0.4 is 10.6 Å². The Labute approximate surface area is 252 Å². The molecule has 4 aromatic rings. The number of nitrogens with one attached hydrogen (secondary N) is 2. The summed E-state index contributed by atoms with van der Waals surface area (Å²) >= 11 is 7.38. The molecule has 1 atom stereocenters. The summed E-state index contributed by atoms with van der Waals surface area (Å²) in [6.45, 7) is 0. The highest BCUT2D eigenvalue weighted by Gasteiger charge is 2.43. The maximum atomic E-state index is 13.0. The summed E-state index contributed by atoms with van der Waals surface area (Å²) in [4.78, 5) is 46.2. The number of fused-ring (bicyclic) bond motifs is 1. The summed E-state index contributed by atoms with van der Waals surface area (Å²) in [6, 6.07) is 21.7. The zero-order valence-electron chi connectivity index (χ0n) is 21.9. The van der Waals surface area contributed by atoms with Crippen LogP contribution in [0.25, 0.3) is 17.0 Å². The molecule has 13 heteroatoms. The highest BCUT2D eigenvalue weighted by molar-refractivity contribution is 8.18. The Morgan fingerprint density at radius 3 is 2.63 bits per heavy atom. The molecule has 1 saturated heterocycles. The molecule has 1 fully saturated rings. The van der Waals surface area contributed by atoms with Crippen LogP contribution in [0.4, 0.5) is 24.5 Å². The van der Waals surface area contributed by atoms with Gasteiger partial charge in [-0.2, -0.15) is 13.2 Å². The number of benzene rings is 3. The third kappa shape index (κ3) is 7.59. The number of amidine groups is 1. The number of pyridine rings is 1. The number of halogens is 4. The van der Waals surface area contributed by atoms with Crippen LogP contribution in [0, 0.1) is 0 Å². The number of hydrogen-bond acceptors (Lipinski definition) is 7. The number of carbonyl (C=O) groups excluding carboxylic acids is 3. The third-order valence-corrected chi connectivity index (χ3v) is 7.28. The summed E-state index contributed by atoms with van der Waals surface area (Å²) in [6.07, 6.45) is -3.93. The number of carbonyl (C=O) groups is 3. The van der Waals surface area contributed by atoms with Gasteiger partial charge in [0.1, 0.15) is 0 Å². The molecule has 0 radical (unpaired) electrons. The van der Waals surface area contributed by atoms with Crippen LogP contribution in [0.5, 0.6) is 0 Å². The lowest BCUT2D eigenvalue weighted by Crippen LogP contribution is -2.38. The molecule has 43 heavy (non-hydrogen) atoms. The zero-order valence-corrected chi connectivity index (χ0v) is 23.5. The van der Waals surface area contributed by atoms with E-state index in [1.54, 1.807) is 42.6 Å². The smallest absolute Gasteiger partial charge is 0.445 e. The maximum absolute atomic E-state index is 13.0. The van der Waals surface area contributed by atoms with Gasteiger partial charge in [-0.05, 0) is 65.4 Å². The fourth-order valence-corrected chi connectivity index (χ4v) is 5.03. The Hall–Kier alpha value is -4.68. The minimum absolute atomic E-state index is 0.129. The second-order valence-electron chi connectivity index (χ2n) is 9.17. The summed E-state index contributed by atoms with van der Waals surface area (Å²) in [5.74, 6) is -3.84. The summed E-state index contributed by atoms with van der Waals surface area (Å²) in [7, 11) is 0. The van der Waals surface area contributed by atoms with E-state index >= 15 is 0 Å². The first-order valence-electron chi connectivity index (χ1n) is 12.6. The molecule has 5 rings (SSSR count). The maximum Gasteiger partial charge on any atom is 0.490 e. The van der Waals surface area contributed by atoms with Gasteiger partial charge >= 0.3 is 12.1 Å². The third-order valence-electron chi connectivity index (χ3n) is 6.05. The van der Waals surface area contributed by atoms with Crippen LogP contribution in [-0.2, 0) is 25.5 Å². The zero-order chi connectivity index (χ0) is 30.6. The monoisotopic (exact) mass is 624 g/mol. The highest BCUT2D eigenvalue weighted by atomic mass is 35.5. The topological polar surface area (TPSA) is 110 Å². The predicted octanol–water partition coefficient (Wildman–Crippen LogP) is 6.44. The average Bonchev–Trinajstić information content (AvgIpc) is 3.32. The summed E-state index contributed by atoms with van der Waals surface area (Å²) in [5, 5.41) is 6.44. The van der Waals surface area contributed by atoms with Crippen molar-refractivity contribution in [2.75, 3.05) is 5.32 Å². The quantitative estimate of drug-likeness (QED) is 0.181. The lowest BCUT2D eigenvalue weighted by Gasteiger charge is -2.19. The van der Waals surface area contributed by atoms with Gasteiger partial charge in [-0.15, -0.1) is 0 Å². The van der Waals surface area contributed by atoms with Crippen molar-refractivity contribution in [1.29, 1.82) is 0 Å². The van der Waals surface area contributed by atoms with Crippen molar-refractivity contribution in [3.63, 3.8) is 0 Å². The number of ether oxygens (including phenoxy) is 1. The molecule has 0 aliphatic carbocycles. The van der Waals surface area contributed by atoms with Crippen LogP contribution in [0.15, 0.2) is 95.0 Å². The van der Waals surface area contributed by atoms with Crippen LogP contribution in [-0.4, -0.2) is 40.2 Å². The van der Waals surface area contributed by atoms with E-state index in [2.05, 4.69) is 25.3 Å². The minimum Gasteiger partial charge on any atom is -0.445 e. The van der Waals surface area contributed by atoms with Gasteiger partial charge in [0.25, 0.3) is 11.8 Å². The molecule has 2 N–H and O–H groups in total. The molecule has 0 spiro atoms. The van der Waals surface area contributed by atoms with E-state index in [0.717, 1.165) is 28.2 Å². The predicted molar refractivity (Wildman–Crippen MR) is 159 cm³/mol. The Balaban J connectivity index is 1.33. The number of anilines is 1. The first-order chi connectivity index (χ1) is 20.5. The van der Waals surface area contributed by atoms with Gasteiger partial charge in [0.2, 0.25) is 0 Å². The van der Waals surface area contributed by atoms with Crippen molar-refractivity contribution in [1.82, 2.24) is 10.3 Å². The molecular formula is C30H20ClF3N4O4S. The molecular weight excluding hydrogens is 605 g/mol. The molecule has 1 unspecified atom stereocenters. The fraction of sp³-hybridized carbons (Fsp3) is 0.100. The Kier molecular flexibility index (Phi) is 8.78. The number of thioether (sulfide) groups is 1. The summed E-state index contributed by atoms with van der Waals surface area (Å²) < 4.78 is 43.2. The van der Waals surface area contributed by atoms with Gasteiger partial charge < -0.3 is 15.4 Å². The number of esters is 1. The van der Waals surface area contributed by atoms with Gasteiger partial charge in [-0.1, -0.05) is 54.1 Å². The lowest BCUT2D eigenvalue weighted by molar-refractivity contribution is -0.204. The fourth-order valence-electron chi connectivity index (χ4n) is 4.04. The standard InChI is InChI=1S/C30H20ClF3N4O4S/c31-21-10-9-20(36-26(39)24(42-28(41)30(32,33)34)14-17-5-2-1-3-6-17)16-23(21)37-29-38-27(40)25(43-29)15-18-8-11-22-19(13-18)7-4-12-35-22/h1-13,15-16,24H,14H2,(H,36,39)(H,37,38,40)/b25-15-. The van der Waals surface area contributed by atoms with Crippen molar-refractivity contribution in [3.05, 3.63) is 106 Å².